The van der Waals surface area contributed by atoms with Gasteiger partial charge < -0.3 is 10.6 Å². The summed E-state index contributed by atoms with van der Waals surface area (Å²) in [6.07, 6.45) is 3.22. The van der Waals surface area contributed by atoms with Crippen LogP contribution >= 0.6 is 11.3 Å². The second kappa shape index (κ2) is 4.72. The Hall–Kier alpha value is -0.940. The van der Waals surface area contributed by atoms with Gasteiger partial charge in [-0.3, -0.25) is 4.79 Å². The maximum absolute atomic E-state index is 11.8. The fraction of sp³-hybridized carbons (Fsp3) is 0.600. The Labute approximate surface area is 93.1 Å². The van der Waals surface area contributed by atoms with Gasteiger partial charge in [0.1, 0.15) is 0 Å². The summed E-state index contributed by atoms with van der Waals surface area (Å²) in [7, 11) is 0. The van der Waals surface area contributed by atoms with Gasteiger partial charge in [-0.05, 0) is 26.3 Å². The predicted molar refractivity (Wildman–Crippen MR) is 61.1 cm³/mol. The summed E-state index contributed by atoms with van der Waals surface area (Å²) >= 11 is 1.47. The molecule has 0 radical (unpaired) electrons. The highest BCUT2D eigenvalue weighted by molar-refractivity contribution is 7.13. The zero-order chi connectivity index (χ0) is 10.7. The standard InChI is InChI=1S/C10H15N3OS/c1-7-6-15-10(12-7)13-9(14)8-4-2-3-5-11-8/h6,8,11H,2-5H2,1H3,(H,12,13,14)/t8-/m0/s1. The molecular weight excluding hydrogens is 210 g/mol. The van der Waals surface area contributed by atoms with Crippen LogP contribution in [0.4, 0.5) is 5.13 Å². The van der Waals surface area contributed by atoms with Crippen molar-refractivity contribution < 1.29 is 4.79 Å². The van der Waals surface area contributed by atoms with E-state index in [1.165, 1.54) is 17.8 Å². The number of piperidine rings is 1. The van der Waals surface area contributed by atoms with Crippen molar-refractivity contribution in [1.82, 2.24) is 10.3 Å². The first kappa shape index (κ1) is 10.6. The van der Waals surface area contributed by atoms with E-state index in [1.54, 1.807) is 0 Å². The molecule has 1 aliphatic heterocycles. The van der Waals surface area contributed by atoms with Crippen LogP contribution in [0.15, 0.2) is 5.38 Å². The van der Waals surface area contributed by atoms with Crippen LogP contribution in [-0.2, 0) is 4.79 Å². The van der Waals surface area contributed by atoms with Gasteiger partial charge in [-0.2, -0.15) is 0 Å². The third kappa shape index (κ3) is 2.76. The molecule has 1 aromatic heterocycles. The third-order valence-electron chi connectivity index (χ3n) is 2.48. The average molecular weight is 225 g/mol. The molecule has 2 N–H and O–H groups in total. The maximum atomic E-state index is 11.8. The highest BCUT2D eigenvalue weighted by Gasteiger charge is 2.20. The quantitative estimate of drug-likeness (QED) is 0.802. The van der Waals surface area contributed by atoms with Gasteiger partial charge in [0.05, 0.1) is 11.7 Å². The molecule has 0 saturated carbocycles. The number of carbonyl (C=O) groups excluding carboxylic acids is 1. The molecule has 1 saturated heterocycles. The molecule has 0 aliphatic carbocycles. The molecule has 5 heteroatoms. The van der Waals surface area contributed by atoms with Crippen molar-refractivity contribution >= 4 is 22.4 Å². The van der Waals surface area contributed by atoms with E-state index in [1.807, 2.05) is 12.3 Å². The Kier molecular flexibility index (Phi) is 3.33. The number of hydrogen-bond acceptors (Lipinski definition) is 4. The topological polar surface area (TPSA) is 54.0 Å². The smallest absolute Gasteiger partial charge is 0.243 e. The number of aryl methyl sites for hydroxylation is 1. The first-order valence-corrected chi connectivity index (χ1v) is 6.10. The number of thiazole rings is 1. The molecular formula is C10H15N3OS. The van der Waals surface area contributed by atoms with Gasteiger partial charge >= 0.3 is 0 Å². The van der Waals surface area contributed by atoms with Crippen LogP contribution in [-0.4, -0.2) is 23.5 Å². The summed E-state index contributed by atoms with van der Waals surface area (Å²) in [6.45, 7) is 2.86. The SMILES string of the molecule is Cc1csc(NC(=O)[C@@H]2CCCCN2)n1. The first-order chi connectivity index (χ1) is 7.25. The summed E-state index contributed by atoms with van der Waals surface area (Å²) in [5.74, 6) is 0.0454. The lowest BCUT2D eigenvalue weighted by Crippen LogP contribution is -2.43. The minimum atomic E-state index is -0.0389. The van der Waals surface area contributed by atoms with Crippen molar-refractivity contribution in [2.75, 3.05) is 11.9 Å². The van der Waals surface area contributed by atoms with Crippen LogP contribution in [0.3, 0.4) is 0 Å². The van der Waals surface area contributed by atoms with E-state index in [9.17, 15) is 4.79 Å². The summed E-state index contributed by atoms with van der Waals surface area (Å²) in [6, 6.07) is -0.0389. The summed E-state index contributed by atoms with van der Waals surface area (Å²) in [4.78, 5) is 16.0. The molecule has 1 aliphatic rings. The Morgan fingerprint density at radius 3 is 3.13 bits per heavy atom. The van der Waals surface area contributed by atoms with Gasteiger partial charge in [0.2, 0.25) is 5.91 Å². The number of nitrogens with zero attached hydrogens (tertiary/aromatic N) is 1. The Morgan fingerprint density at radius 1 is 1.67 bits per heavy atom. The van der Waals surface area contributed by atoms with Crippen molar-refractivity contribution in [1.29, 1.82) is 0 Å². The van der Waals surface area contributed by atoms with E-state index in [4.69, 9.17) is 0 Å². The van der Waals surface area contributed by atoms with E-state index in [0.717, 1.165) is 25.1 Å². The zero-order valence-corrected chi connectivity index (χ0v) is 9.56. The zero-order valence-electron chi connectivity index (χ0n) is 8.75. The van der Waals surface area contributed by atoms with Crippen molar-refractivity contribution in [3.05, 3.63) is 11.1 Å². The van der Waals surface area contributed by atoms with Gasteiger partial charge in [0.15, 0.2) is 5.13 Å². The molecule has 1 atom stereocenters. The van der Waals surface area contributed by atoms with E-state index < -0.39 is 0 Å². The van der Waals surface area contributed by atoms with Crippen LogP contribution < -0.4 is 10.6 Å². The van der Waals surface area contributed by atoms with Crippen molar-refractivity contribution in [3.8, 4) is 0 Å². The molecule has 0 spiro atoms. The predicted octanol–water partition coefficient (Wildman–Crippen LogP) is 1.53. The number of hydrogen-bond donors (Lipinski definition) is 2. The molecule has 1 amide bonds. The average Bonchev–Trinajstić information content (AvgIpc) is 2.65. The molecule has 4 nitrogen and oxygen atoms in total. The number of aromatic nitrogens is 1. The molecule has 2 rings (SSSR count). The summed E-state index contributed by atoms with van der Waals surface area (Å²) in [5, 5.41) is 8.68. The van der Waals surface area contributed by atoms with Crippen molar-refractivity contribution in [2.45, 2.75) is 32.2 Å². The second-order valence-electron chi connectivity index (χ2n) is 3.79. The number of rotatable bonds is 2. The van der Waals surface area contributed by atoms with E-state index in [-0.39, 0.29) is 11.9 Å². The Balaban J connectivity index is 1.91. The van der Waals surface area contributed by atoms with Crippen LogP contribution in [0.1, 0.15) is 25.0 Å². The molecule has 2 heterocycles. The minimum absolute atomic E-state index is 0.0389. The monoisotopic (exact) mass is 225 g/mol. The highest BCUT2D eigenvalue weighted by atomic mass is 32.1. The van der Waals surface area contributed by atoms with Crippen LogP contribution in [0.25, 0.3) is 0 Å². The lowest BCUT2D eigenvalue weighted by atomic mass is 10.0. The van der Waals surface area contributed by atoms with Crippen LogP contribution in [0, 0.1) is 6.92 Å². The molecule has 82 valence electrons. The van der Waals surface area contributed by atoms with Crippen LogP contribution in [0.2, 0.25) is 0 Å². The normalized spacial score (nSPS) is 21.3. The third-order valence-corrected chi connectivity index (χ3v) is 3.35. The number of anilines is 1. The summed E-state index contributed by atoms with van der Waals surface area (Å²) in [5.41, 5.74) is 0.951. The lowest BCUT2D eigenvalue weighted by Gasteiger charge is -2.21. The van der Waals surface area contributed by atoms with Gasteiger partial charge in [0.25, 0.3) is 0 Å². The lowest BCUT2D eigenvalue weighted by molar-refractivity contribution is -0.118. The van der Waals surface area contributed by atoms with E-state index >= 15 is 0 Å². The fourth-order valence-corrected chi connectivity index (χ4v) is 2.37. The Morgan fingerprint density at radius 2 is 2.53 bits per heavy atom. The number of nitrogens with one attached hydrogen (secondary N) is 2. The molecule has 1 aromatic rings. The molecule has 0 bridgehead atoms. The maximum Gasteiger partial charge on any atom is 0.243 e. The highest BCUT2D eigenvalue weighted by Crippen LogP contribution is 2.16. The van der Waals surface area contributed by atoms with Gasteiger partial charge in [-0.15, -0.1) is 11.3 Å². The van der Waals surface area contributed by atoms with Gasteiger partial charge in [-0.25, -0.2) is 4.98 Å². The second-order valence-corrected chi connectivity index (χ2v) is 4.64. The van der Waals surface area contributed by atoms with Crippen molar-refractivity contribution in [3.63, 3.8) is 0 Å². The summed E-state index contributed by atoms with van der Waals surface area (Å²) < 4.78 is 0. The van der Waals surface area contributed by atoms with Gasteiger partial charge in [0, 0.05) is 5.38 Å². The number of carbonyl (C=O) groups is 1. The minimum Gasteiger partial charge on any atom is -0.306 e. The fourth-order valence-electron chi connectivity index (χ4n) is 1.68. The molecule has 15 heavy (non-hydrogen) atoms. The van der Waals surface area contributed by atoms with E-state index in [2.05, 4.69) is 15.6 Å². The van der Waals surface area contributed by atoms with Crippen molar-refractivity contribution in [2.24, 2.45) is 0 Å². The molecule has 1 fully saturated rings. The molecule has 0 aromatic carbocycles. The largest absolute Gasteiger partial charge is 0.306 e. The van der Waals surface area contributed by atoms with Gasteiger partial charge in [-0.1, -0.05) is 6.42 Å². The van der Waals surface area contributed by atoms with E-state index in [0.29, 0.717) is 5.13 Å². The first-order valence-electron chi connectivity index (χ1n) is 5.22. The Bertz CT molecular complexity index is 344. The molecule has 0 unspecified atom stereocenters. The number of amides is 1. The van der Waals surface area contributed by atoms with Crippen LogP contribution in [0.5, 0.6) is 0 Å².